The molecule has 2 aromatic carbocycles. The number of aryl methyl sites for hydroxylation is 1. The summed E-state index contributed by atoms with van der Waals surface area (Å²) in [6.45, 7) is 6.35. The predicted molar refractivity (Wildman–Crippen MR) is 111 cm³/mol. The Morgan fingerprint density at radius 2 is 1.79 bits per heavy atom. The molecule has 0 spiro atoms. The molecule has 1 saturated carbocycles. The van der Waals surface area contributed by atoms with Gasteiger partial charge in [0, 0.05) is 0 Å². The summed E-state index contributed by atoms with van der Waals surface area (Å²) in [7, 11) is 0. The van der Waals surface area contributed by atoms with Crippen molar-refractivity contribution in [3.05, 3.63) is 64.7 Å². The summed E-state index contributed by atoms with van der Waals surface area (Å²) in [5.74, 6) is 0.731. The highest BCUT2D eigenvalue weighted by Gasteiger charge is 2.43. The second kappa shape index (κ2) is 8.61. The third-order valence-electron chi connectivity index (χ3n) is 5.71. The van der Waals surface area contributed by atoms with Gasteiger partial charge < -0.3 is 4.74 Å². The van der Waals surface area contributed by atoms with Crippen molar-refractivity contribution < 1.29 is 9.53 Å². The lowest BCUT2D eigenvalue weighted by molar-refractivity contribution is -0.142. The van der Waals surface area contributed by atoms with Crippen molar-refractivity contribution in [3.63, 3.8) is 0 Å². The minimum absolute atomic E-state index is 0.232. The molecular formula is C25H29NO2. The maximum atomic E-state index is 13.4. The van der Waals surface area contributed by atoms with Crippen LogP contribution >= 0.6 is 0 Å². The Morgan fingerprint density at radius 1 is 1.11 bits per heavy atom. The molecule has 0 saturated heterocycles. The molecule has 0 radical (unpaired) electrons. The Hall–Kier alpha value is -2.60. The Balaban J connectivity index is 1.91. The summed E-state index contributed by atoms with van der Waals surface area (Å²) in [6.07, 6.45) is 5.80. The Labute approximate surface area is 168 Å². The topological polar surface area (TPSA) is 50.1 Å². The van der Waals surface area contributed by atoms with Gasteiger partial charge in [0.2, 0.25) is 0 Å². The number of benzene rings is 2. The Kier molecular flexibility index (Phi) is 6.19. The van der Waals surface area contributed by atoms with E-state index in [4.69, 9.17) is 4.74 Å². The molecule has 0 aliphatic heterocycles. The second-order valence-electron chi connectivity index (χ2n) is 8.44. The normalized spacial score (nSPS) is 15.8. The molecule has 0 N–H and O–H groups in total. The van der Waals surface area contributed by atoms with Gasteiger partial charge in [0.15, 0.2) is 0 Å². The zero-order chi connectivity index (χ0) is 20.1. The first kappa shape index (κ1) is 20.1. The molecule has 0 aromatic heterocycles. The fraction of sp³-hybridized carbons (Fsp3) is 0.440. The number of nitriles is 1. The van der Waals surface area contributed by atoms with E-state index in [1.54, 1.807) is 12.1 Å². The maximum Gasteiger partial charge on any atom is 0.321 e. The van der Waals surface area contributed by atoms with E-state index in [9.17, 15) is 10.1 Å². The number of nitrogens with zero attached hydrogens (tertiary/aromatic N) is 1. The van der Waals surface area contributed by atoms with E-state index < -0.39 is 5.41 Å². The van der Waals surface area contributed by atoms with E-state index in [2.05, 4.69) is 44.2 Å². The molecule has 3 heteroatoms. The van der Waals surface area contributed by atoms with Crippen LogP contribution in [0.4, 0.5) is 0 Å². The molecule has 1 aliphatic rings. The molecule has 0 unspecified atom stereocenters. The van der Waals surface area contributed by atoms with Gasteiger partial charge in [-0.3, -0.25) is 4.79 Å². The third kappa shape index (κ3) is 4.28. The largest absolute Gasteiger partial charge is 0.424 e. The van der Waals surface area contributed by atoms with Crippen LogP contribution in [0, 0.1) is 24.2 Å². The van der Waals surface area contributed by atoms with Gasteiger partial charge in [-0.15, -0.1) is 0 Å². The SMILES string of the molecule is Cc1ccc(OC(=O)C2(c3ccc(CC(C)C)cc3)CCCCC2)c(C#N)c1. The van der Waals surface area contributed by atoms with Crippen LogP contribution in [0.25, 0.3) is 0 Å². The molecule has 1 aliphatic carbocycles. The first-order valence-corrected chi connectivity index (χ1v) is 10.3. The quantitative estimate of drug-likeness (QED) is 0.485. The zero-order valence-electron chi connectivity index (χ0n) is 17.1. The number of carbonyl (C=O) groups excluding carboxylic acids is 1. The van der Waals surface area contributed by atoms with E-state index in [0.29, 0.717) is 17.2 Å². The summed E-state index contributed by atoms with van der Waals surface area (Å²) in [5.41, 5.74) is 3.10. The van der Waals surface area contributed by atoms with Crippen LogP contribution < -0.4 is 4.74 Å². The van der Waals surface area contributed by atoms with Gasteiger partial charge in [0.25, 0.3) is 0 Å². The summed E-state index contributed by atoms with van der Waals surface area (Å²) >= 11 is 0. The number of hydrogen-bond donors (Lipinski definition) is 0. The molecular weight excluding hydrogens is 346 g/mol. The molecule has 0 heterocycles. The van der Waals surface area contributed by atoms with Crippen molar-refractivity contribution in [3.8, 4) is 11.8 Å². The Morgan fingerprint density at radius 3 is 2.39 bits per heavy atom. The van der Waals surface area contributed by atoms with Crippen LogP contribution in [0.1, 0.15) is 68.2 Å². The maximum absolute atomic E-state index is 13.4. The zero-order valence-corrected chi connectivity index (χ0v) is 17.1. The highest BCUT2D eigenvalue weighted by atomic mass is 16.5. The van der Waals surface area contributed by atoms with Crippen molar-refractivity contribution in [2.45, 2.75) is 64.7 Å². The average Bonchev–Trinajstić information content (AvgIpc) is 2.69. The van der Waals surface area contributed by atoms with Crippen molar-refractivity contribution >= 4 is 5.97 Å². The van der Waals surface area contributed by atoms with Crippen LogP contribution in [-0.2, 0) is 16.6 Å². The van der Waals surface area contributed by atoms with E-state index in [0.717, 1.165) is 49.7 Å². The summed E-state index contributed by atoms with van der Waals surface area (Å²) in [6, 6.07) is 16.0. The van der Waals surface area contributed by atoms with Crippen molar-refractivity contribution in [2.75, 3.05) is 0 Å². The molecule has 1 fully saturated rings. The monoisotopic (exact) mass is 375 g/mol. The average molecular weight is 376 g/mol. The summed E-state index contributed by atoms with van der Waals surface area (Å²) in [4.78, 5) is 13.4. The fourth-order valence-electron chi connectivity index (χ4n) is 4.21. The van der Waals surface area contributed by atoms with Crippen LogP contribution in [0.3, 0.4) is 0 Å². The van der Waals surface area contributed by atoms with E-state index in [1.807, 2.05) is 13.0 Å². The Bertz CT molecular complexity index is 868. The smallest absolute Gasteiger partial charge is 0.321 e. The number of ether oxygens (including phenoxy) is 1. The molecule has 28 heavy (non-hydrogen) atoms. The number of hydrogen-bond acceptors (Lipinski definition) is 3. The minimum atomic E-state index is -0.619. The van der Waals surface area contributed by atoms with Gasteiger partial charge in [0.1, 0.15) is 11.8 Å². The second-order valence-corrected chi connectivity index (χ2v) is 8.44. The van der Waals surface area contributed by atoms with E-state index >= 15 is 0 Å². The van der Waals surface area contributed by atoms with Crippen LogP contribution in [0.15, 0.2) is 42.5 Å². The molecule has 3 nitrogen and oxygen atoms in total. The van der Waals surface area contributed by atoms with Gasteiger partial charge in [-0.1, -0.05) is 63.4 Å². The predicted octanol–water partition coefficient (Wildman–Crippen LogP) is 5.87. The van der Waals surface area contributed by atoms with Crippen LogP contribution in [0.2, 0.25) is 0 Å². The lowest BCUT2D eigenvalue weighted by atomic mass is 9.69. The lowest BCUT2D eigenvalue weighted by Gasteiger charge is -2.35. The lowest BCUT2D eigenvalue weighted by Crippen LogP contribution is -2.41. The molecule has 0 bridgehead atoms. The van der Waals surface area contributed by atoms with Gasteiger partial charge in [-0.25, -0.2) is 0 Å². The van der Waals surface area contributed by atoms with Gasteiger partial charge in [-0.2, -0.15) is 5.26 Å². The van der Waals surface area contributed by atoms with Gasteiger partial charge >= 0.3 is 5.97 Å². The highest BCUT2D eigenvalue weighted by Crippen LogP contribution is 2.41. The number of rotatable bonds is 5. The van der Waals surface area contributed by atoms with Crippen molar-refractivity contribution in [1.29, 1.82) is 5.26 Å². The molecule has 3 rings (SSSR count). The molecule has 146 valence electrons. The van der Waals surface area contributed by atoms with Crippen LogP contribution in [-0.4, -0.2) is 5.97 Å². The van der Waals surface area contributed by atoms with Crippen molar-refractivity contribution in [2.24, 2.45) is 5.92 Å². The van der Waals surface area contributed by atoms with Crippen molar-refractivity contribution in [1.82, 2.24) is 0 Å². The van der Waals surface area contributed by atoms with E-state index in [1.165, 1.54) is 5.56 Å². The fourth-order valence-corrected chi connectivity index (χ4v) is 4.21. The van der Waals surface area contributed by atoms with Gasteiger partial charge in [0.05, 0.1) is 11.0 Å². The van der Waals surface area contributed by atoms with Crippen LogP contribution in [0.5, 0.6) is 5.75 Å². The molecule has 0 amide bonds. The summed E-state index contributed by atoms with van der Waals surface area (Å²) in [5, 5.41) is 9.41. The highest BCUT2D eigenvalue weighted by molar-refractivity contribution is 5.85. The van der Waals surface area contributed by atoms with Gasteiger partial charge in [-0.05, 0) is 60.9 Å². The number of carbonyl (C=O) groups is 1. The number of esters is 1. The first-order valence-electron chi connectivity index (χ1n) is 10.3. The minimum Gasteiger partial charge on any atom is -0.424 e. The van der Waals surface area contributed by atoms with E-state index in [-0.39, 0.29) is 5.97 Å². The molecule has 0 atom stereocenters. The summed E-state index contributed by atoms with van der Waals surface area (Å²) < 4.78 is 5.82. The molecule has 2 aromatic rings. The third-order valence-corrected chi connectivity index (χ3v) is 5.71. The first-order chi connectivity index (χ1) is 13.4. The standard InChI is InChI=1S/C25H29NO2/c1-18(2)15-20-8-10-22(11-9-20)25(13-5-4-6-14-25)24(27)28-23-12-7-19(3)16-21(23)17-26/h7-12,16,18H,4-6,13-15H2,1-3H3.